The Hall–Kier alpha value is -3.98. The number of carbonyl (C=O) groups is 2. The number of halogens is 4. The van der Waals surface area contributed by atoms with E-state index in [2.05, 4.69) is 15.3 Å². The van der Waals surface area contributed by atoms with Crippen LogP contribution in [-0.4, -0.2) is 21.7 Å². The van der Waals surface area contributed by atoms with Gasteiger partial charge in [0.15, 0.2) is 5.75 Å². The van der Waals surface area contributed by atoms with E-state index in [1.807, 2.05) is 0 Å². The fraction of sp³-hybridized carbons (Fsp3) is 0.154. The Balaban J connectivity index is 1.40. The van der Waals surface area contributed by atoms with Gasteiger partial charge in [-0.2, -0.15) is 13.2 Å². The standard InChI is InChI=1S/C26H17ClF3N3O3/c27-20-5-3-14(11-19(20)26(28,29)30)10-16(34)12-15-4-6-22(24-17(15)2-1-8-31-24)36-21-7-9-32-25-18(21)13-23(35)33-25/h1-9,11H,10,12-13H2,(H,32,33,35). The van der Waals surface area contributed by atoms with Gasteiger partial charge in [-0.1, -0.05) is 29.8 Å². The van der Waals surface area contributed by atoms with Crippen LogP contribution in [0.15, 0.2) is 60.9 Å². The Morgan fingerprint density at radius 2 is 1.86 bits per heavy atom. The predicted octanol–water partition coefficient (Wildman–Crippen LogP) is 5.94. The van der Waals surface area contributed by atoms with E-state index in [1.165, 1.54) is 12.3 Å². The number of aromatic nitrogens is 2. The highest BCUT2D eigenvalue weighted by Gasteiger charge is 2.33. The van der Waals surface area contributed by atoms with Crippen LogP contribution in [0.3, 0.4) is 0 Å². The Kier molecular flexibility index (Phi) is 6.09. The molecule has 1 aliphatic heterocycles. The monoisotopic (exact) mass is 511 g/mol. The number of hydrogen-bond donors (Lipinski definition) is 1. The molecule has 0 saturated heterocycles. The lowest BCUT2D eigenvalue weighted by molar-refractivity contribution is -0.137. The fourth-order valence-electron chi connectivity index (χ4n) is 4.15. The minimum Gasteiger partial charge on any atom is -0.455 e. The van der Waals surface area contributed by atoms with Gasteiger partial charge in [-0.15, -0.1) is 0 Å². The molecule has 5 rings (SSSR count). The van der Waals surface area contributed by atoms with Crippen molar-refractivity contribution in [2.24, 2.45) is 0 Å². The fourth-order valence-corrected chi connectivity index (χ4v) is 4.37. The van der Waals surface area contributed by atoms with Crippen molar-refractivity contribution in [1.29, 1.82) is 0 Å². The number of nitrogens with one attached hydrogen (secondary N) is 1. The first-order chi connectivity index (χ1) is 17.2. The molecule has 0 radical (unpaired) electrons. The average molecular weight is 512 g/mol. The maximum Gasteiger partial charge on any atom is 0.417 e. The summed E-state index contributed by atoms with van der Waals surface area (Å²) in [5, 5.41) is 2.94. The van der Waals surface area contributed by atoms with Crippen LogP contribution in [0.4, 0.5) is 19.0 Å². The van der Waals surface area contributed by atoms with Crippen molar-refractivity contribution in [3.8, 4) is 11.5 Å². The molecule has 0 unspecified atom stereocenters. The van der Waals surface area contributed by atoms with E-state index in [4.69, 9.17) is 16.3 Å². The number of fused-ring (bicyclic) bond motifs is 2. The molecule has 0 bridgehead atoms. The number of anilines is 1. The maximum absolute atomic E-state index is 13.2. The summed E-state index contributed by atoms with van der Waals surface area (Å²) in [6.45, 7) is 0. The van der Waals surface area contributed by atoms with E-state index in [0.29, 0.717) is 39.3 Å². The molecular weight excluding hydrogens is 495 g/mol. The molecule has 0 atom stereocenters. The van der Waals surface area contributed by atoms with Crippen LogP contribution in [0, 0.1) is 0 Å². The second-order valence-corrected chi connectivity index (χ2v) is 8.70. The third kappa shape index (κ3) is 4.74. The largest absolute Gasteiger partial charge is 0.455 e. The molecule has 4 aromatic rings. The maximum atomic E-state index is 13.2. The summed E-state index contributed by atoms with van der Waals surface area (Å²) in [4.78, 5) is 33.1. The lowest BCUT2D eigenvalue weighted by Gasteiger charge is -2.13. The van der Waals surface area contributed by atoms with E-state index in [-0.39, 0.29) is 36.5 Å². The number of pyridine rings is 2. The van der Waals surface area contributed by atoms with E-state index in [9.17, 15) is 22.8 Å². The summed E-state index contributed by atoms with van der Waals surface area (Å²) in [5.74, 6) is 0.918. The summed E-state index contributed by atoms with van der Waals surface area (Å²) in [6, 6.07) is 12.1. The van der Waals surface area contributed by atoms with Gasteiger partial charge in [0, 0.05) is 36.2 Å². The van der Waals surface area contributed by atoms with Crippen LogP contribution in [0.5, 0.6) is 11.5 Å². The van der Waals surface area contributed by atoms with Crippen LogP contribution in [0.2, 0.25) is 5.02 Å². The molecule has 0 fully saturated rings. The van der Waals surface area contributed by atoms with Gasteiger partial charge in [0.2, 0.25) is 5.91 Å². The molecule has 3 heterocycles. The zero-order valence-electron chi connectivity index (χ0n) is 18.5. The molecule has 0 spiro atoms. The number of benzene rings is 2. The van der Waals surface area contributed by atoms with Gasteiger partial charge in [0.05, 0.1) is 17.0 Å². The molecular formula is C26H17ClF3N3O3. The van der Waals surface area contributed by atoms with Gasteiger partial charge >= 0.3 is 6.18 Å². The van der Waals surface area contributed by atoms with Crippen LogP contribution >= 0.6 is 11.6 Å². The van der Waals surface area contributed by atoms with Gasteiger partial charge in [-0.25, -0.2) is 4.98 Å². The van der Waals surface area contributed by atoms with Crippen LogP contribution in [0.1, 0.15) is 22.3 Å². The number of Topliss-reactive ketones (excluding diaryl/α,β-unsaturated/α-hetero) is 1. The molecule has 10 heteroatoms. The highest BCUT2D eigenvalue weighted by Crippen LogP contribution is 2.37. The first-order valence-electron chi connectivity index (χ1n) is 10.9. The van der Waals surface area contributed by atoms with Crippen molar-refractivity contribution in [1.82, 2.24) is 9.97 Å². The van der Waals surface area contributed by atoms with Crippen LogP contribution in [0.25, 0.3) is 10.9 Å². The van der Waals surface area contributed by atoms with Gasteiger partial charge < -0.3 is 10.1 Å². The zero-order valence-corrected chi connectivity index (χ0v) is 19.3. The Morgan fingerprint density at radius 3 is 2.67 bits per heavy atom. The molecule has 2 aromatic heterocycles. The Morgan fingerprint density at radius 1 is 1.03 bits per heavy atom. The molecule has 36 heavy (non-hydrogen) atoms. The molecule has 1 aliphatic rings. The van der Waals surface area contributed by atoms with E-state index >= 15 is 0 Å². The van der Waals surface area contributed by atoms with Crippen molar-refractivity contribution in [2.75, 3.05) is 5.32 Å². The molecule has 182 valence electrons. The number of amides is 1. The molecule has 1 amide bonds. The van der Waals surface area contributed by atoms with Gasteiger partial charge in [-0.3, -0.25) is 14.6 Å². The highest BCUT2D eigenvalue weighted by molar-refractivity contribution is 6.31. The van der Waals surface area contributed by atoms with E-state index in [0.717, 1.165) is 12.1 Å². The van der Waals surface area contributed by atoms with Crippen molar-refractivity contribution in [3.05, 3.63) is 88.2 Å². The van der Waals surface area contributed by atoms with E-state index < -0.39 is 16.8 Å². The molecule has 0 saturated carbocycles. The third-order valence-electron chi connectivity index (χ3n) is 5.78. The number of nitrogens with zero attached hydrogens (tertiary/aromatic N) is 2. The van der Waals surface area contributed by atoms with Gasteiger partial charge in [0.25, 0.3) is 0 Å². The zero-order chi connectivity index (χ0) is 25.4. The number of ether oxygens (including phenoxy) is 1. The van der Waals surface area contributed by atoms with Crippen molar-refractivity contribution >= 4 is 40.0 Å². The minimum absolute atomic E-state index is 0.00444. The van der Waals surface area contributed by atoms with Crippen LogP contribution < -0.4 is 10.1 Å². The predicted molar refractivity (Wildman–Crippen MR) is 127 cm³/mol. The number of hydrogen-bond acceptors (Lipinski definition) is 5. The van der Waals surface area contributed by atoms with Crippen molar-refractivity contribution in [2.45, 2.75) is 25.4 Å². The number of rotatable bonds is 6. The number of alkyl halides is 3. The minimum atomic E-state index is -4.61. The molecule has 1 N–H and O–H groups in total. The molecule has 6 nitrogen and oxygen atoms in total. The Bertz CT molecular complexity index is 1520. The van der Waals surface area contributed by atoms with Gasteiger partial charge in [-0.05, 0) is 41.5 Å². The summed E-state index contributed by atoms with van der Waals surface area (Å²) in [6.07, 6.45) is -1.51. The smallest absolute Gasteiger partial charge is 0.417 e. The normalized spacial score (nSPS) is 12.9. The highest BCUT2D eigenvalue weighted by atomic mass is 35.5. The average Bonchev–Trinajstić information content (AvgIpc) is 3.22. The summed E-state index contributed by atoms with van der Waals surface area (Å²) in [5.41, 5.74) is 1.08. The lowest BCUT2D eigenvalue weighted by Crippen LogP contribution is -2.10. The second-order valence-electron chi connectivity index (χ2n) is 8.29. The van der Waals surface area contributed by atoms with Crippen molar-refractivity contribution in [3.63, 3.8) is 0 Å². The topological polar surface area (TPSA) is 81.2 Å². The molecule has 2 aromatic carbocycles. The lowest BCUT2D eigenvalue weighted by atomic mass is 9.98. The first kappa shape index (κ1) is 23.7. The summed E-state index contributed by atoms with van der Waals surface area (Å²) >= 11 is 5.68. The van der Waals surface area contributed by atoms with Crippen molar-refractivity contribution < 1.29 is 27.5 Å². The van der Waals surface area contributed by atoms with Crippen LogP contribution in [-0.2, 0) is 35.0 Å². The number of carbonyl (C=O) groups excluding carboxylic acids is 2. The van der Waals surface area contributed by atoms with Gasteiger partial charge in [0.1, 0.15) is 22.9 Å². The number of ketones is 1. The SMILES string of the molecule is O=C(Cc1ccc(Cl)c(C(F)(F)F)c1)Cc1ccc(Oc2ccnc3c2CC(=O)N3)c2ncccc12. The first-order valence-corrected chi connectivity index (χ1v) is 11.3. The summed E-state index contributed by atoms with van der Waals surface area (Å²) in [7, 11) is 0. The Labute approximate surface area is 208 Å². The second kappa shape index (κ2) is 9.23. The van der Waals surface area contributed by atoms with E-state index in [1.54, 1.807) is 36.5 Å². The quantitative estimate of drug-likeness (QED) is 0.346. The molecule has 0 aliphatic carbocycles. The summed E-state index contributed by atoms with van der Waals surface area (Å²) < 4.78 is 45.6. The third-order valence-corrected chi connectivity index (χ3v) is 6.11.